The van der Waals surface area contributed by atoms with Crippen LogP contribution in [0.1, 0.15) is 49.0 Å². The molecule has 3 nitrogen and oxygen atoms in total. The Labute approximate surface area is 109 Å². The number of nitrogens with two attached hydrogens (primary N) is 1. The van der Waals surface area contributed by atoms with E-state index in [1.807, 2.05) is 24.3 Å². The molecule has 2 N–H and O–H groups in total. The molecule has 1 aliphatic heterocycles. The number of likely N-dealkylation sites (tertiary alicyclic amines) is 1. The first-order valence-electron chi connectivity index (χ1n) is 6.79. The van der Waals surface area contributed by atoms with Crippen molar-refractivity contribution in [1.29, 1.82) is 0 Å². The van der Waals surface area contributed by atoms with E-state index in [2.05, 4.69) is 18.7 Å². The topological polar surface area (TPSA) is 46.3 Å². The number of carbonyl (C=O) groups excluding carboxylic acids is 1. The van der Waals surface area contributed by atoms with Gasteiger partial charge < -0.3 is 10.6 Å². The molecule has 1 heterocycles. The maximum Gasteiger partial charge on any atom is 0.254 e. The van der Waals surface area contributed by atoms with Gasteiger partial charge in [0.15, 0.2) is 0 Å². The molecule has 1 aliphatic rings. The van der Waals surface area contributed by atoms with Crippen molar-refractivity contribution in [3.63, 3.8) is 0 Å². The molecule has 98 valence electrons. The minimum Gasteiger partial charge on any atom is -0.333 e. The Morgan fingerprint density at radius 2 is 2.22 bits per heavy atom. The first-order valence-corrected chi connectivity index (χ1v) is 6.79. The number of benzene rings is 1. The van der Waals surface area contributed by atoms with Gasteiger partial charge in [0, 0.05) is 24.2 Å². The van der Waals surface area contributed by atoms with Gasteiger partial charge in [-0.2, -0.15) is 0 Å². The number of amides is 1. The van der Waals surface area contributed by atoms with Crippen LogP contribution in [-0.2, 0) is 6.54 Å². The van der Waals surface area contributed by atoms with Gasteiger partial charge in [-0.05, 0) is 43.9 Å². The van der Waals surface area contributed by atoms with Crippen LogP contribution in [0.3, 0.4) is 0 Å². The fraction of sp³-hybridized carbons (Fsp3) is 0.533. The summed E-state index contributed by atoms with van der Waals surface area (Å²) in [5.74, 6) is 0.155. The van der Waals surface area contributed by atoms with E-state index in [0.29, 0.717) is 18.6 Å². The summed E-state index contributed by atoms with van der Waals surface area (Å²) < 4.78 is 0. The van der Waals surface area contributed by atoms with Gasteiger partial charge in [-0.1, -0.05) is 19.1 Å². The smallest absolute Gasteiger partial charge is 0.254 e. The molecule has 0 aliphatic carbocycles. The molecule has 3 heteroatoms. The predicted molar refractivity (Wildman–Crippen MR) is 73.3 cm³/mol. The van der Waals surface area contributed by atoms with Gasteiger partial charge in [0.25, 0.3) is 5.91 Å². The number of rotatable bonds is 3. The van der Waals surface area contributed by atoms with Crippen molar-refractivity contribution in [1.82, 2.24) is 4.90 Å². The average Bonchev–Trinajstić information content (AvgIpc) is 2.79. The van der Waals surface area contributed by atoms with Gasteiger partial charge >= 0.3 is 0 Å². The Kier molecular flexibility index (Phi) is 4.02. The van der Waals surface area contributed by atoms with Gasteiger partial charge in [-0.3, -0.25) is 4.79 Å². The van der Waals surface area contributed by atoms with E-state index in [0.717, 1.165) is 30.4 Å². The Morgan fingerprint density at radius 3 is 2.89 bits per heavy atom. The summed E-state index contributed by atoms with van der Waals surface area (Å²) in [6.07, 6.45) is 3.27. The lowest BCUT2D eigenvalue weighted by Gasteiger charge is -2.28. The largest absolute Gasteiger partial charge is 0.333 e. The zero-order valence-corrected chi connectivity index (χ0v) is 11.2. The molecule has 0 radical (unpaired) electrons. The molecule has 2 unspecified atom stereocenters. The van der Waals surface area contributed by atoms with Crippen LogP contribution in [-0.4, -0.2) is 22.9 Å². The quantitative estimate of drug-likeness (QED) is 0.891. The van der Waals surface area contributed by atoms with E-state index in [-0.39, 0.29) is 5.91 Å². The third-order valence-electron chi connectivity index (χ3n) is 3.90. The van der Waals surface area contributed by atoms with Gasteiger partial charge in [0.05, 0.1) is 0 Å². The second kappa shape index (κ2) is 5.53. The van der Waals surface area contributed by atoms with Crippen LogP contribution in [0, 0.1) is 0 Å². The molecule has 0 spiro atoms. The second-order valence-electron chi connectivity index (χ2n) is 5.11. The third-order valence-corrected chi connectivity index (χ3v) is 3.90. The Bertz CT molecular complexity index is 430. The van der Waals surface area contributed by atoms with Crippen molar-refractivity contribution in [3.8, 4) is 0 Å². The van der Waals surface area contributed by atoms with Gasteiger partial charge in [-0.25, -0.2) is 0 Å². The van der Waals surface area contributed by atoms with Crippen LogP contribution in [0.25, 0.3) is 0 Å². The maximum atomic E-state index is 12.6. The molecule has 1 saturated heterocycles. The van der Waals surface area contributed by atoms with Crippen molar-refractivity contribution < 1.29 is 4.79 Å². The SMILES string of the molecule is CCC1CCC(C)N1C(=O)c1cccc(CN)c1. The summed E-state index contributed by atoms with van der Waals surface area (Å²) in [6, 6.07) is 8.43. The molecule has 18 heavy (non-hydrogen) atoms. The lowest BCUT2D eigenvalue weighted by atomic mass is 10.1. The van der Waals surface area contributed by atoms with Crippen molar-refractivity contribution in [2.45, 2.75) is 51.7 Å². The van der Waals surface area contributed by atoms with Crippen LogP contribution in [0.4, 0.5) is 0 Å². The molecule has 1 aromatic carbocycles. The first kappa shape index (κ1) is 13.1. The number of hydrogen-bond donors (Lipinski definition) is 1. The molecule has 1 amide bonds. The van der Waals surface area contributed by atoms with Gasteiger partial charge in [0.1, 0.15) is 0 Å². The Balaban J connectivity index is 2.24. The summed E-state index contributed by atoms with van der Waals surface area (Å²) >= 11 is 0. The molecule has 2 atom stereocenters. The summed E-state index contributed by atoms with van der Waals surface area (Å²) in [5, 5.41) is 0. The minimum atomic E-state index is 0.155. The van der Waals surface area contributed by atoms with E-state index in [9.17, 15) is 4.79 Å². The fourth-order valence-corrected chi connectivity index (χ4v) is 2.82. The Hall–Kier alpha value is -1.35. The highest BCUT2D eigenvalue weighted by atomic mass is 16.2. The Morgan fingerprint density at radius 1 is 1.44 bits per heavy atom. The van der Waals surface area contributed by atoms with E-state index < -0.39 is 0 Å². The molecule has 0 bridgehead atoms. The summed E-state index contributed by atoms with van der Waals surface area (Å²) in [4.78, 5) is 14.6. The lowest BCUT2D eigenvalue weighted by molar-refractivity contribution is 0.0676. The van der Waals surface area contributed by atoms with Crippen LogP contribution in [0.2, 0.25) is 0 Å². The zero-order valence-electron chi connectivity index (χ0n) is 11.2. The van der Waals surface area contributed by atoms with Crippen molar-refractivity contribution in [2.75, 3.05) is 0 Å². The minimum absolute atomic E-state index is 0.155. The van der Waals surface area contributed by atoms with Gasteiger partial charge in [-0.15, -0.1) is 0 Å². The molecular weight excluding hydrogens is 224 g/mol. The van der Waals surface area contributed by atoms with E-state index in [4.69, 9.17) is 5.73 Å². The summed E-state index contributed by atoms with van der Waals surface area (Å²) in [7, 11) is 0. The highest BCUT2D eigenvalue weighted by Crippen LogP contribution is 2.27. The fourth-order valence-electron chi connectivity index (χ4n) is 2.82. The number of nitrogens with zero attached hydrogens (tertiary/aromatic N) is 1. The number of carbonyl (C=O) groups is 1. The monoisotopic (exact) mass is 246 g/mol. The highest BCUT2D eigenvalue weighted by molar-refractivity contribution is 5.95. The van der Waals surface area contributed by atoms with Crippen LogP contribution >= 0.6 is 0 Å². The standard InChI is InChI=1S/C15H22N2O/c1-3-14-8-7-11(2)17(14)15(18)13-6-4-5-12(9-13)10-16/h4-6,9,11,14H,3,7-8,10,16H2,1-2H3. The molecule has 0 aromatic heterocycles. The van der Waals surface area contributed by atoms with Crippen LogP contribution in [0.15, 0.2) is 24.3 Å². The van der Waals surface area contributed by atoms with E-state index >= 15 is 0 Å². The normalized spacial score (nSPS) is 23.4. The van der Waals surface area contributed by atoms with E-state index in [1.165, 1.54) is 0 Å². The maximum absolute atomic E-state index is 12.6. The number of hydrogen-bond acceptors (Lipinski definition) is 2. The second-order valence-corrected chi connectivity index (χ2v) is 5.11. The molecule has 1 fully saturated rings. The summed E-state index contributed by atoms with van der Waals surface area (Å²) in [6.45, 7) is 4.77. The van der Waals surface area contributed by atoms with Crippen molar-refractivity contribution in [2.24, 2.45) is 5.73 Å². The lowest BCUT2D eigenvalue weighted by Crippen LogP contribution is -2.39. The van der Waals surface area contributed by atoms with Crippen LogP contribution < -0.4 is 5.73 Å². The van der Waals surface area contributed by atoms with E-state index in [1.54, 1.807) is 0 Å². The molecule has 2 rings (SSSR count). The molecule has 0 saturated carbocycles. The van der Waals surface area contributed by atoms with Crippen LogP contribution in [0.5, 0.6) is 0 Å². The highest BCUT2D eigenvalue weighted by Gasteiger charge is 2.33. The van der Waals surface area contributed by atoms with Crippen molar-refractivity contribution >= 4 is 5.91 Å². The predicted octanol–water partition coefficient (Wildman–Crippen LogP) is 2.55. The third kappa shape index (κ3) is 2.41. The molecule has 1 aromatic rings. The molecular formula is C15H22N2O. The summed E-state index contributed by atoms with van der Waals surface area (Å²) in [5.41, 5.74) is 7.41. The first-order chi connectivity index (χ1) is 8.67. The average molecular weight is 246 g/mol. The zero-order chi connectivity index (χ0) is 13.1. The van der Waals surface area contributed by atoms with Gasteiger partial charge in [0.2, 0.25) is 0 Å². The van der Waals surface area contributed by atoms with Crippen molar-refractivity contribution in [3.05, 3.63) is 35.4 Å².